The molecule has 19 heavy (non-hydrogen) atoms. The summed E-state index contributed by atoms with van der Waals surface area (Å²) >= 11 is 0. The summed E-state index contributed by atoms with van der Waals surface area (Å²) < 4.78 is 10.9. The summed E-state index contributed by atoms with van der Waals surface area (Å²) in [4.78, 5) is 26.2. The number of rotatable bonds is 1. The largest absolute Gasteiger partial charge is 0.458 e. The van der Waals surface area contributed by atoms with Crippen molar-refractivity contribution in [2.75, 3.05) is 26.3 Å². The van der Waals surface area contributed by atoms with Crippen LogP contribution in [0.25, 0.3) is 0 Å². The van der Waals surface area contributed by atoms with Crippen LogP contribution in [0, 0.1) is 5.92 Å². The molecule has 106 valence electrons. The van der Waals surface area contributed by atoms with Gasteiger partial charge in [-0.15, -0.1) is 0 Å². The van der Waals surface area contributed by atoms with Gasteiger partial charge in [-0.2, -0.15) is 0 Å². The van der Waals surface area contributed by atoms with E-state index in [1.807, 2.05) is 4.90 Å². The molecule has 1 saturated carbocycles. The average Bonchev–Trinajstić information content (AvgIpc) is 2.76. The van der Waals surface area contributed by atoms with E-state index in [2.05, 4.69) is 0 Å². The van der Waals surface area contributed by atoms with Crippen molar-refractivity contribution < 1.29 is 19.1 Å². The van der Waals surface area contributed by atoms with E-state index >= 15 is 0 Å². The van der Waals surface area contributed by atoms with Gasteiger partial charge in [0.1, 0.15) is 5.60 Å². The highest BCUT2D eigenvalue weighted by Gasteiger charge is 2.53. The van der Waals surface area contributed by atoms with Crippen LogP contribution in [-0.4, -0.2) is 48.7 Å². The Morgan fingerprint density at radius 3 is 2.53 bits per heavy atom. The van der Waals surface area contributed by atoms with Gasteiger partial charge in [0, 0.05) is 13.1 Å². The predicted octanol–water partition coefficient (Wildman–Crippen LogP) is 1.11. The molecule has 5 nitrogen and oxygen atoms in total. The number of morpholine rings is 1. The van der Waals surface area contributed by atoms with Crippen LogP contribution in [-0.2, 0) is 19.1 Å². The van der Waals surface area contributed by atoms with E-state index in [-0.39, 0.29) is 24.2 Å². The molecule has 0 aromatic carbocycles. The van der Waals surface area contributed by atoms with Crippen LogP contribution in [0.3, 0.4) is 0 Å². The molecule has 3 rings (SSSR count). The summed E-state index contributed by atoms with van der Waals surface area (Å²) in [6.45, 7) is 2.47. The lowest BCUT2D eigenvalue weighted by Gasteiger charge is -2.38. The quantitative estimate of drug-likeness (QED) is 0.668. The van der Waals surface area contributed by atoms with Crippen LogP contribution in [0.2, 0.25) is 0 Å². The number of esters is 1. The second-order valence-electron chi connectivity index (χ2n) is 5.79. The summed E-state index contributed by atoms with van der Waals surface area (Å²) in [6, 6.07) is 0. The van der Waals surface area contributed by atoms with Crippen molar-refractivity contribution >= 4 is 11.9 Å². The summed E-state index contributed by atoms with van der Waals surface area (Å²) in [5.74, 6) is -0.372. The fourth-order valence-corrected chi connectivity index (χ4v) is 3.61. The maximum absolute atomic E-state index is 12.7. The molecule has 1 atom stereocenters. The maximum atomic E-state index is 12.7. The van der Waals surface area contributed by atoms with Gasteiger partial charge in [-0.3, -0.25) is 9.59 Å². The molecule has 0 aromatic heterocycles. The fourth-order valence-electron chi connectivity index (χ4n) is 3.61. The second-order valence-corrected chi connectivity index (χ2v) is 5.79. The van der Waals surface area contributed by atoms with Crippen LogP contribution < -0.4 is 0 Å². The van der Waals surface area contributed by atoms with Crippen LogP contribution >= 0.6 is 0 Å². The number of amides is 1. The Labute approximate surface area is 113 Å². The lowest BCUT2D eigenvalue weighted by Crippen LogP contribution is -2.50. The maximum Gasteiger partial charge on any atom is 0.307 e. The molecule has 0 unspecified atom stereocenters. The van der Waals surface area contributed by atoms with Crippen molar-refractivity contribution in [1.29, 1.82) is 0 Å². The Balaban J connectivity index is 1.76. The molecule has 1 amide bonds. The third kappa shape index (κ3) is 2.36. The molecule has 2 aliphatic heterocycles. The monoisotopic (exact) mass is 267 g/mol. The zero-order valence-corrected chi connectivity index (χ0v) is 11.2. The van der Waals surface area contributed by atoms with Crippen molar-refractivity contribution in [1.82, 2.24) is 4.90 Å². The van der Waals surface area contributed by atoms with Crippen molar-refractivity contribution in [3.63, 3.8) is 0 Å². The van der Waals surface area contributed by atoms with E-state index < -0.39 is 5.60 Å². The van der Waals surface area contributed by atoms with E-state index in [0.29, 0.717) is 26.3 Å². The zero-order valence-electron chi connectivity index (χ0n) is 11.2. The molecule has 1 aliphatic carbocycles. The van der Waals surface area contributed by atoms with E-state index in [9.17, 15) is 9.59 Å². The summed E-state index contributed by atoms with van der Waals surface area (Å²) in [5, 5.41) is 0. The van der Waals surface area contributed by atoms with Gasteiger partial charge in [0.05, 0.1) is 25.6 Å². The first-order valence-corrected chi connectivity index (χ1v) is 7.30. The van der Waals surface area contributed by atoms with Gasteiger partial charge < -0.3 is 14.4 Å². The van der Waals surface area contributed by atoms with Crippen molar-refractivity contribution in [2.24, 2.45) is 5.92 Å². The Morgan fingerprint density at radius 1 is 1.16 bits per heavy atom. The number of hydrogen-bond donors (Lipinski definition) is 0. The highest BCUT2D eigenvalue weighted by molar-refractivity contribution is 5.88. The van der Waals surface area contributed by atoms with Crippen molar-refractivity contribution in [2.45, 2.75) is 44.1 Å². The number of carbonyl (C=O) groups excluding carboxylic acids is 2. The molecule has 2 heterocycles. The van der Waals surface area contributed by atoms with Gasteiger partial charge in [-0.1, -0.05) is 6.42 Å². The number of nitrogens with zero attached hydrogens (tertiary/aromatic N) is 1. The molecule has 2 saturated heterocycles. The van der Waals surface area contributed by atoms with Gasteiger partial charge in [0.2, 0.25) is 5.91 Å². The highest BCUT2D eigenvalue weighted by atomic mass is 16.6. The summed E-state index contributed by atoms with van der Waals surface area (Å²) in [5.41, 5.74) is -0.495. The Hall–Kier alpha value is -1.10. The first kappa shape index (κ1) is 12.9. The van der Waals surface area contributed by atoms with E-state index in [4.69, 9.17) is 9.47 Å². The third-order valence-corrected chi connectivity index (χ3v) is 4.64. The van der Waals surface area contributed by atoms with Crippen LogP contribution in [0.5, 0.6) is 0 Å². The molecule has 3 aliphatic rings. The molecule has 0 bridgehead atoms. The first-order valence-electron chi connectivity index (χ1n) is 7.30. The summed E-state index contributed by atoms with van der Waals surface area (Å²) in [6.07, 6.45) is 5.24. The summed E-state index contributed by atoms with van der Waals surface area (Å²) in [7, 11) is 0. The molecule has 1 spiro atoms. The smallest absolute Gasteiger partial charge is 0.307 e. The third-order valence-electron chi connectivity index (χ3n) is 4.64. The average molecular weight is 267 g/mol. The SMILES string of the molecule is O=C1C[C@@H](C(=O)N2CCOCC2)C2(CCCCC2)O1. The van der Waals surface area contributed by atoms with Gasteiger partial charge in [0.15, 0.2) is 0 Å². The minimum atomic E-state index is -0.495. The van der Waals surface area contributed by atoms with Gasteiger partial charge in [-0.25, -0.2) is 0 Å². The van der Waals surface area contributed by atoms with E-state index in [0.717, 1.165) is 25.7 Å². The van der Waals surface area contributed by atoms with Gasteiger partial charge in [0.25, 0.3) is 0 Å². The normalized spacial score (nSPS) is 30.4. The van der Waals surface area contributed by atoms with Crippen LogP contribution in [0.15, 0.2) is 0 Å². The zero-order chi connectivity index (χ0) is 13.3. The molecule has 0 aromatic rings. The number of ether oxygens (including phenoxy) is 2. The molecular weight excluding hydrogens is 246 g/mol. The lowest BCUT2D eigenvalue weighted by atomic mass is 9.75. The topological polar surface area (TPSA) is 55.8 Å². The van der Waals surface area contributed by atoms with Gasteiger partial charge >= 0.3 is 5.97 Å². The van der Waals surface area contributed by atoms with E-state index in [1.165, 1.54) is 6.42 Å². The lowest BCUT2D eigenvalue weighted by molar-refractivity contribution is -0.157. The molecule has 5 heteroatoms. The van der Waals surface area contributed by atoms with Crippen molar-refractivity contribution in [3.8, 4) is 0 Å². The minimum absolute atomic E-state index is 0.0936. The van der Waals surface area contributed by atoms with Crippen LogP contribution in [0.1, 0.15) is 38.5 Å². The molecule has 0 radical (unpaired) electrons. The highest BCUT2D eigenvalue weighted by Crippen LogP contribution is 2.44. The Kier molecular flexibility index (Phi) is 3.48. The molecular formula is C14H21NO4. The van der Waals surface area contributed by atoms with Crippen molar-refractivity contribution in [3.05, 3.63) is 0 Å². The Bertz CT molecular complexity index is 370. The van der Waals surface area contributed by atoms with E-state index in [1.54, 1.807) is 0 Å². The first-order chi connectivity index (χ1) is 9.21. The number of hydrogen-bond acceptors (Lipinski definition) is 4. The van der Waals surface area contributed by atoms with Crippen LogP contribution in [0.4, 0.5) is 0 Å². The predicted molar refractivity (Wildman–Crippen MR) is 67.4 cm³/mol. The molecule has 3 fully saturated rings. The number of carbonyl (C=O) groups is 2. The standard InChI is InChI=1S/C14H21NO4/c16-12-10-11(13(17)15-6-8-18-9-7-15)14(19-12)4-2-1-3-5-14/h11H,1-10H2/t11-/m0/s1. The fraction of sp³-hybridized carbons (Fsp3) is 0.857. The second kappa shape index (κ2) is 5.12. The van der Waals surface area contributed by atoms with Gasteiger partial charge in [-0.05, 0) is 25.7 Å². The molecule has 0 N–H and O–H groups in total. The minimum Gasteiger partial charge on any atom is -0.458 e. The Morgan fingerprint density at radius 2 is 1.84 bits per heavy atom.